The van der Waals surface area contributed by atoms with Crippen molar-refractivity contribution in [3.8, 4) is 5.75 Å². The van der Waals surface area contributed by atoms with Crippen molar-refractivity contribution in [3.05, 3.63) is 41.5 Å². The number of carbonyl (C=O) groups excluding carboxylic acids is 1. The number of rotatable bonds is 23. The van der Waals surface area contributed by atoms with Crippen LogP contribution in [-0.4, -0.2) is 86.8 Å². The third kappa shape index (κ3) is 10.4. The summed E-state index contributed by atoms with van der Waals surface area (Å²) in [5.41, 5.74) is -0.810. The quantitative estimate of drug-likeness (QED) is 0.0390. The predicted octanol–water partition coefficient (Wildman–Crippen LogP) is 12.2. The average Bonchev–Trinajstić information content (AvgIpc) is 3.09. The molecule has 1 rings (SSSR count). The topological polar surface area (TPSA) is 65.0 Å². The second-order valence-electron chi connectivity index (χ2n) is 14.3. The molecule has 0 spiro atoms. The molecule has 2 atom stereocenters. The molecule has 0 amide bonds. The van der Waals surface area contributed by atoms with Gasteiger partial charge in [-0.15, -0.1) is 0 Å². The normalized spacial score (nSPS) is 15.9. The minimum Gasteiger partial charge on any atom is -0.491 e. The molecule has 23 heteroatoms. The summed E-state index contributed by atoms with van der Waals surface area (Å²) in [6, 6.07) is 4.60. The van der Waals surface area contributed by atoms with Gasteiger partial charge in [-0.1, -0.05) is 52.8 Å². The smallest absolute Gasteiger partial charge is 0.460 e. The maximum Gasteiger partial charge on any atom is 0.460 e. The summed E-state index contributed by atoms with van der Waals surface area (Å²) >= 11 is 0. The van der Waals surface area contributed by atoms with Gasteiger partial charge in [0.1, 0.15) is 12.4 Å². The van der Waals surface area contributed by atoms with Gasteiger partial charge < -0.3 is 19.0 Å². The Morgan fingerprint density at radius 2 is 1.16 bits per heavy atom. The van der Waals surface area contributed by atoms with Crippen molar-refractivity contribution >= 4 is 14.3 Å². The fourth-order valence-corrected chi connectivity index (χ4v) is 10.4. The summed E-state index contributed by atoms with van der Waals surface area (Å²) in [6.45, 7) is 9.72. The van der Waals surface area contributed by atoms with Gasteiger partial charge in [-0.3, -0.25) is 0 Å². The van der Waals surface area contributed by atoms with Gasteiger partial charge in [0.05, 0.1) is 19.3 Å². The van der Waals surface area contributed by atoms with E-state index >= 15 is 0 Å². The number of carbonyl (C=O) groups is 1. The fraction of sp³-hybridized carbons (Fsp3) is 0.743. The van der Waals surface area contributed by atoms with Crippen LogP contribution in [0.2, 0.25) is 17.1 Å². The van der Waals surface area contributed by atoms with Crippen molar-refractivity contribution in [3.63, 3.8) is 0 Å². The molecule has 1 aromatic rings. The minimum absolute atomic E-state index is 0.186. The van der Waals surface area contributed by atoms with E-state index in [0.29, 0.717) is 24.0 Å². The Balaban J connectivity index is 3.14. The molecule has 1 aromatic carbocycles. The Morgan fingerprint density at radius 1 is 0.707 bits per heavy atom. The third-order valence-corrected chi connectivity index (χ3v) is 15.4. The number of benzene rings is 1. The Hall–Kier alpha value is -2.82. The van der Waals surface area contributed by atoms with E-state index in [4.69, 9.17) is 13.9 Å². The van der Waals surface area contributed by atoms with Crippen LogP contribution >= 0.6 is 0 Å². The number of ether oxygens (including phenoxy) is 2. The van der Waals surface area contributed by atoms with Gasteiger partial charge in [-0.25, -0.2) is 4.79 Å². The van der Waals surface area contributed by atoms with Gasteiger partial charge in [-0.2, -0.15) is 74.6 Å². The van der Waals surface area contributed by atoms with E-state index in [1.165, 1.54) is 52.0 Å². The first-order valence-corrected chi connectivity index (χ1v) is 19.9. The summed E-state index contributed by atoms with van der Waals surface area (Å²) in [4.78, 5) is 11.7. The molecular formula is C35H45F17O5Si. The number of allylic oxidation sites excluding steroid dienone is 1. The zero-order valence-corrected chi connectivity index (χ0v) is 33.2. The van der Waals surface area contributed by atoms with E-state index in [9.17, 15) is 84.5 Å². The van der Waals surface area contributed by atoms with Crippen LogP contribution in [-0.2, 0) is 14.0 Å². The molecule has 5 nitrogen and oxygen atoms in total. The maximum absolute atomic E-state index is 14.9. The largest absolute Gasteiger partial charge is 0.491 e. The van der Waals surface area contributed by atoms with Gasteiger partial charge in [0.2, 0.25) is 0 Å². The molecular weight excluding hydrogens is 851 g/mol. The number of aliphatic hydroxyl groups excluding tert-OH is 1. The molecule has 0 fully saturated rings. The van der Waals surface area contributed by atoms with Crippen LogP contribution in [0.3, 0.4) is 0 Å². The van der Waals surface area contributed by atoms with E-state index < -0.39 is 98.2 Å². The minimum atomic E-state index is -8.68. The van der Waals surface area contributed by atoms with E-state index in [1.54, 1.807) is 26.8 Å². The molecule has 0 aliphatic rings. The summed E-state index contributed by atoms with van der Waals surface area (Å²) in [5, 5.41) is 10.7. The summed E-state index contributed by atoms with van der Waals surface area (Å²) < 4.78 is 251. The van der Waals surface area contributed by atoms with Crippen molar-refractivity contribution in [1.82, 2.24) is 0 Å². The monoisotopic (exact) mass is 896 g/mol. The molecule has 1 N–H and O–H groups in total. The SMILES string of the molecule is CCOC(=O)/C(C)=C/CC[C@@H](C)[C@@H](O)c1ccc(OCCO[Si](CCC(F)(F)C(F)(F)C(F)(F)C(F)(F)C(F)(F)C(F)(F)C(F)(F)C(F)(F)F)(C(C)C)C(C)C)cc1. The van der Waals surface area contributed by atoms with Crippen LogP contribution in [0.4, 0.5) is 74.6 Å². The number of aliphatic hydroxyl groups is 1. The second kappa shape index (κ2) is 18.8. The molecule has 0 saturated carbocycles. The van der Waals surface area contributed by atoms with Crippen molar-refractivity contribution in [2.45, 2.75) is 139 Å². The highest BCUT2D eigenvalue weighted by atomic mass is 28.4. The van der Waals surface area contributed by atoms with Crippen molar-refractivity contribution in [2.24, 2.45) is 5.92 Å². The van der Waals surface area contributed by atoms with Gasteiger partial charge in [-0.05, 0) is 67.4 Å². The number of alkyl halides is 17. The lowest BCUT2D eigenvalue weighted by Crippen LogP contribution is -2.74. The molecule has 0 radical (unpaired) electrons. The van der Waals surface area contributed by atoms with Crippen LogP contribution in [0.25, 0.3) is 0 Å². The van der Waals surface area contributed by atoms with Crippen LogP contribution in [0, 0.1) is 5.92 Å². The summed E-state index contributed by atoms with van der Waals surface area (Å²) in [7, 11) is -3.94. The Kier molecular flexibility index (Phi) is 17.3. The van der Waals surface area contributed by atoms with Crippen molar-refractivity contribution in [1.29, 1.82) is 0 Å². The number of hydrogen-bond acceptors (Lipinski definition) is 5. The molecule has 338 valence electrons. The summed E-state index contributed by atoms with van der Waals surface area (Å²) in [5.74, 6) is -57.2. The van der Waals surface area contributed by atoms with Crippen LogP contribution in [0.15, 0.2) is 35.9 Å². The lowest BCUT2D eigenvalue weighted by atomic mass is 9.88. The molecule has 0 saturated heterocycles. The van der Waals surface area contributed by atoms with Gasteiger partial charge in [0, 0.05) is 12.0 Å². The molecule has 0 bridgehead atoms. The maximum atomic E-state index is 14.9. The zero-order chi connectivity index (χ0) is 45.7. The van der Waals surface area contributed by atoms with Gasteiger partial charge in [0.15, 0.2) is 8.32 Å². The van der Waals surface area contributed by atoms with Gasteiger partial charge >= 0.3 is 53.6 Å². The number of esters is 1. The Labute approximate surface area is 324 Å². The third-order valence-electron chi connectivity index (χ3n) is 9.72. The summed E-state index contributed by atoms with van der Waals surface area (Å²) in [6.07, 6.45) is -8.67. The number of halogens is 17. The Morgan fingerprint density at radius 3 is 1.59 bits per heavy atom. The fourth-order valence-electron chi connectivity index (χ4n) is 5.89. The molecule has 0 aliphatic heterocycles. The van der Waals surface area contributed by atoms with E-state index in [1.807, 2.05) is 0 Å². The highest BCUT2D eigenvalue weighted by Crippen LogP contribution is 2.64. The molecule has 58 heavy (non-hydrogen) atoms. The highest BCUT2D eigenvalue weighted by Gasteiger charge is 2.95. The van der Waals surface area contributed by atoms with Crippen LogP contribution in [0.1, 0.15) is 79.4 Å². The lowest BCUT2D eigenvalue weighted by molar-refractivity contribution is -0.461. The Bertz CT molecular complexity index is 1500. The number of hydrogen-bond donors (Lipinski definition) is 1. The zero-order valence-electron chi connectivity index (χ0n) is 32.2. The highest BCUT2D eigenvalue weighted by molar-refractivity contribution is 6.76. The van der Waals surface area contributed by atoms with Crippen molar-refractivity contribution in [2.75, 3.05) is 19.8 Å². The van der Waals surface area contributed by atoms with E-state index in [-0.39, 0.29) is 24.9 Å². The van der Waals surface area contributed by atoms with Crippen LogP contribution < -0.4 is 4.74 Å². The molecule has 0 heterocycles. The first-order valence-electron chi connectivity index (χ1n) is 17.6. The first-order chi connectivity index (χ1) is 26.0. The second-order valence-corrected chi connectivity index (χ2v) is 19.3. The van der Waals surface area contributed by atoms with Gasteiger partial charge in [0.25, 0.3) is 0 Å². The van der Waals surface area contributed by atoms with Crippen molar-refractivity contribution < 1.29 is 98.4 Å². The predicted molar refractivity (Wildman–Crippen MR) is 178 cm³/mol. The van der Waals surface area contributed by atoms with Crippen LogP contribution in [0.5, 0.6) is 5.75 Å². The molecule has 0 unspecified atom stereocenters. The molecule has 0 aromatic heterocycles. The van der Waals surface area contributed by atoms with E-state index in [0.717, 1.165) is 0 Å². The molecule has 0 aliphatic carbocycles. The van der Waals surface area contributed by atoms with E-state index in [2.05, 4.69) is 0 Å². The standard InChI is InChI=1S/C35H45F17O5Si/c1-8-55-27(54)23(7)11-9-10-22(6)26(53)24-12-14-25(15-13-24)56-17-18-57-58(20(2)3,21(4)5)19-16-28(36,37)29(38,39)30(40,41)31(42,43)32(44,45)33(46,47)34(48,49)35(50,51)52/h11-15,20-22,26,53H,8-10,16-19H2,1-7H3/b23-11+/t22-,26-/m1/s1. The average molecular weight is 897 g/mol. The first kappa shape index (κ1) is 53.2. The lowest BCUT2D eigenvalue weighted by Gasteiger charge is -2.44.